The molecule has 19 heavy (non-hydrogen) atoms. The molecule has 0 aliphatic carbocycles. The van der Waals surface area contributed by atoms with E-state index in [1.54, 1.807) is 32.9 Å². The van der Waals surface area contributed by atoms with E-state index in [2.05, 4.69) is 0 Å². The minimum Gasteiger partial charge on any atom is -0.390 e. The summed E-state index contributed by atoms with van der Waals surface area (Å²) in [7, 11) is -3.43. The van der Waals surface area contributed by atoms with Gasteiger partial charge in [-0.1, -0.05) is 6.92 Å². The number of hydrogen-bond donors (Lipinski definition) is 1. The first kappa shape index (κ1) is 14.9. The number of rotatable bonds is 4. The summed E-state index contributed by atoms with van der Waals surface area (Å²) < 4.78 is 28.4. The van der Waals surface area contributed by atoms with E-state index in [4.69, 9.17) is 0 Å². The van der Waals surface area contributed by atoms with Gasteiger partial charge in [-0.3, -0.25) is 0 Å². The monoisotopic (exact) mass is 304 g/mol. The maximum atomic E-state index is 12.6. The maximum absolute atomic E-state index is 12.6. The number of aliphatic hydroxyl groups excluding tert-OH is 1. The van der Waals surface area contributed by atoms with Crippen molar-refractivity contribution in [3.05, 3.63) is 18.0 Å². The predicted octanol–water partition coefficient (Wildman–Crippen LogP) is 1.13. The van der Waals surface area contributed by atoms with Crippen molar-refractivity contribution < 1.29 is 13.5 Å². The number of nitrogens with zero attached hydrogens (tertiary/aromatic N) is 2. The highest BCUT2D eigenvalue weighted by molar-refractivity contribution is 8.00. The summed E-state index contributed by atoms with van der Waals surface area (Å²) in [6, 6.07) is 1.57. The lowest BCUT2D eigenvalue weighted by atomic mass is 10.4. The summed E-state index contributed by atoms with van der Waals surface area (Å²) in [5.74, 6) is 0.835. The Labute approximate surface area is 118 Å². The highest BCUT2D eigenvalue weighted by Gasteiger charge is 2.30. The van der Waals surface area contributed by atoms with Gasteiger partial charge in [0.15, 0.2) is 0 Å². The second kappa shape index (κ2) is 5.87. The molecule has 1 aromatic heterocycles. The lowest BCUT2D eigenvalue weighted by Crippen LogP contribution is -2.40. The van der Waals surface area contributed by atoms with Crippen molar-refractivity contribution in [2.45, 2.75) is 37.1 Å². The van der Waals surface area contributed by atoms with Crippen LogP contribution in [0, 0.1) is 0 Å². The van der Waals surface area contributed by atoms with E-state index in [-0.39, 0.29) is 11.5 Å². The van der Waals surface area contributed by atoms with Crippen LogP contribution in [0.25, 0.3) is 0 Å². The summed E-state index contributed by atoms with van der Waals surface area (Å²) in [6.07, 6.45) is 1.62. The maximum Gasteiger partial charge on any atom is 0.244 e. The molecule has 2 rings (SSSR count). The van der Waals surface area contributed by atoms with Gasteiger partial charge < -0.3 is 9.67 Å². The van der Waals surface area contributed by atoms with E-state index in [1.165, 1.54) is 0 Å². The first-order chi connectivity index (χ1) is 8.98. The molecule has 2 heterocycles. The van der Waals surface area contributed by atoms with Gasteiger partial charge in [-0.25, -0.2) is 8.42 Å². The van der Waals surface area contributed by atoms with Gasteiger partial charge in [0, 0.05) is 42.5 Å². The molecule has 5 nitrogen and oxygen atoms in total. The SMILES string of the molecule is CCn1cc(S(=O)(=O)N2CCSC(C)C2)cc1CO. The van der Waals surface area contributed by atoms with Gasteiger partial charge in [-0.15, -0.1) is 0 Å². The first-order valence-electron chi connectivity index (χ1n) is 6.40. The molecule has 0 saturated carbocycles. The minimum absolute atomic E-state index is 0.143. The molecular weight excluding hydrogens is 284 g/mol. The van der Waals surface area contributed by atoms with E-state index >= 15 is 0 Å². The van der Waals surface area contributed by atoms with Crippen molar-refractivity contribution in [1.29, 1.82) is 0 Å². The van der Waals surface area contributed by atoms with Crippen LogP contribution in [0.4, 0.5) is 0 Å². The zero-order valence-electron chi connectivity index (χ0n) is 11.2. The van der Waals surface area contributed by atoms with Gasteiger partial charge in [0.05, 0.1) is 6.61 Å². The number of hydrogen-bond acceptors (Lipinski definition) is 4. The highest BCUT2D eigenvalue weighted by Crippen LogP contribution is 2.25. The Hall–Kier alpha value is -0.500. The molecule has 1 aliphatic rings. The van der Waals surface area contributed by atoms with Crippen LogP contribution in [-0.2, 0) is 23.2 Å². The summed E-state index contributed by atoms with van der Waals surface area (Å²) in [4.78, 5) is 0.289. The molecule has 0 spiro atoms. The summed E-state index contributed by atoms with van der Waals surface area (Å²) in [5.41, 5.74) is 0.639. The fraction of sp³-hybridized carbons (Fsp3) is 0.667. The molecule has 1 fully saturated rings. The molecule has 7 heteroatoms. The van der Waals surface area contributed by atoms with E-state index in [1.807, 2.05) is 13.8 Å². The van der Waals surface area contributed by atoms with Crippen LogP contribution in [0.3, 0.4) is 0 Å². The van der Waals surface area contributed by atoms with E-state index in [0.717, 1.165) is 5.75 Å². The van der Waals surface area contributed by atoms with Gasteiger partial charge in [-0.2, -0.15) is 16.1 Å². The van der Waals surface area contributed by atoms with E-state index in [0.29, 0.717) is 30.6 Å². The Bertz CT molecular complexity index is 518. The molecule has 1 saturated heterocycles. The molecule has 1 N–H and O–H groups in total. The molecule has 0 bridgehead atoms. The van der Waals surface area contributed by atoms with Crippen molar-refractivity contribution in [1.82, 2.24) is 8.87 Å². The molecule has 1 aromatic rings. The van der Waals surface area contributed by atoms with Crippen LogP contribution in [0.2, 0.25) is 0 Å². The van der Waals surface area contributed by atoms with Crippen molar-refractivity contribution in [2.75, 3.05) is 18.8 Å². The van der Waals surface area contributed by atoms with Crippen LogP contribution in [0.1, 0.15) is 19.5 Å². The lowest BCUT2D eigenvalue weighted by Gasteiger charge is -2.29. The van der Waals surface area contributed by atoms with Gasteiger partial charge in [0.2, 0.25) is 10.0 Å². The van der Waals surface area contributed by atoms with Crippen molar-refractivity contribution in [3.63, 3.8) is 0 Å². The van der Waals surface area contributed by atoms with Gasteiger partial charge in [0.1, 0.15) is 4.90 Å². The van der Waals surface area contributed by atoms with Gasteiger partial charge in [-0.05, 0) is 13.0 Å². The number of aryl methyl sites for hydroxylation is 1. The summed E-state index contributed by atoms with van der Waals surface area (Å²) in [6.45, 7) is 5.59. The molecule has 108 valence electrons. The van der Waals surface area contributed by atoms with Crippen LogP contribution in [0.15, 0.2) is 17.2 Å². The number of thioether (sulfide) groups is 1. The first-order valence-corrected chi connectivity index (χ1v) is 8.89. The second-order valence-corrected chi connectivity index (χ2v) is 8.14. The number of aliphatic hydroxyl groups is 1. The Kier molecular flexibility index (Phi) is 4.60. The van der Waals surface area contributed by atoms with Gasteiger partial charge in [0.25, 0.3) is 0 Å². The number of aromatic nitrogens is 1. The predicted molar refractivity (Wildman–Crippen MR) is 76.7 cm³/mol. The fourth-order valence-corrected chi connectivity index (χ4v) is 5.07. The average molecular weight is 304 g/mol. The third-order valence-electron chi connectivity index (χ3n) is 3.31. The molecule has 0 radical (unpaired) electrons. The molecule has 1 unspecified atom stereocenters. The Morgan fingerprint density at radius 1 is 1.53 bits per heavy atom. The standard InChI is InChI=1S/C12H20N2O3S2/c1-3-13-8-12(6-11(13)9-15)19(16,17)14-4-5-18-10(2)7-14/h6,8,10,15H,3-5,7,9H2,1-2H3. The van der Waals surface area contributed by atoms with Crippen LogP contribution < -0.4 is 0 Å². The topological polar surface area (TPSA) is 62.5 Å². The van der Waals surface area contributed by atoms with Gasteiger partial charge >= 0.3 is 0 Å². The highest BCUT2D eigenvalue weighted by atomic mass is 32.2. The lowest BCUT2D eigenvalue weighted by molar-refractivity contribution is 0.271. The second-order valence-electron chi connectivity index (χ2n) is 4.66. The van der Waals surface area contributed by atoms with Crippen molar-refractivity contribution in [3.8, 4) is 0 Å². The van der Waals surface area contributed by atoms with E-state index in [9.17, 15) is 13.5 Å². The van der Waals surface area contributed by atoms with E-state index < -0.39 is 10.0 Å². The zero-order valence-corrected chi connectivity index (χ0v) is 12.9. The normalized spacial score (nSPS) is 21.7. The largest absolute Gasteiger partial charge is 0.390 e. The zero-order chi connectivity index (χ0) is 14.0. The third-order valence-corrected chi connectivity index (χ3v) is 6.27. The summed E-state index contributed by atoms with van der Waals surface area (Å²) in [5, 5.41) is 9.58. The minimum atomic E-state index is -3.43. The molecule has 1 atom stereocenters. The molecule has 0 amide bonds. The van der Waals surface area contributed by atoms with Crippen LogP contribution >= 0.6 is 11.8 Å². The molecule has 1 aliphatic heterocycles. The smallest absolute Gasteiger partial charge is 0.244 e. The Balaban J connectivity index is 2.31. The molecular formula is C12H20N2O3S2. The third kappa shape index (κ3) is 2.99. The average Bonchev–Trinajstić information content (AvgIpc) is 2.82. The van der Waals surface area contributed by atoms with Crippen molar-refractivity contribution >= 4 is 21.8 Å². The fourth-order valence-electron chi connectivity index (χ4n) is 2.25. The summed E-state index contributed by atoms with van der Waals surface area (Å²) >= 11 is 1.80. The van der Waals surface area contributed by atoms with Crippen LogP contribution in [-0.4, -0.2) is 46.5 Å². The quantitative estimate of drug-likeness (QED) is 0.905. The Morgan fingerprint density at radius 3 is 2.79 bits per heavy atom. The Morgan fingerprint density at radius 2 is 2.26 bits per heavy atom. The molecule has 0 aromatic carbocycles. The van der Waals surface area contributed by atoms with Crippen molar-refractivity contribution in [2.24, 2.45) is 0 Å². The number of sulfonamides is 1. The van der Waals surface area contributed by atoms with Crippen LogP contribution in [0.5, 0.6) is 0 Å².